The van der Waals surface area contributed by atoms with E-state index in [0.29, 0.717) is 13.0 Å². The lowest BCUT2D eigenvalue weighted by molar-refractivity contribution is -0.693. The number of nitrogens with zero attached hydrogens (tertiary/aromatic N) is 1. The number of rotatable bonds is 19. The Labute approximate surface area is 256 Å². The van der Waals surface area contributed by atoms with Crippen LogP contribution in [0, 0.1) is 0 Å². The third-order valence-electron chi connectivity index (χ3n) is 7.29. The lowest BCUT2D eigenvalue weighted by Gasteiger charge is -2.24. The van der Waals surface area contributed by atoms with Crippen molar-refractivity contribution in [2.45, 2.75) is 137 Å². The molecule has 0 aliphatic carbocycles. The van der Waals surface area contributed by atoms with Crippen LogP contribution in [0.25, 0.3) is 0 Å². The lowest BCUT2D eigenvalue weighted by atomic mass is 9.85. The number of benzene rings is 1. The van der Waals surface area contributed by atoms with Crippen molar-refractivity contribution >= 4 is 5.91 Å². The predicted molar refractivity (Wildman–Crippen MR) is 160 cm³/mol. The molecule has 0 unspecified atom stereocenters. The van der Waals surface area contributed by atoms with E-state index in [9.17, 15) is 4.79 Å². The summed E-state index contributed by atoms with van der Waals surface area (Å²) < 4.78 is 8.35. The summed E-state index contributed by atoms with van der Waals surface area (Å²) in [6, 6.07) is 10.4. The van der Waals surface area contributed by atoms with Crippen molar-refractivity contribution in [3.05, 3.63) is 59.4 Å². The first-order valence-electron chi connectivity index (χ1n) is 15.3. The Morgan fingerprint density at radius 1 is 0.795 bits per heavy atom. The van der Waals surface area contributed by atoms with Gasteiger partial charge in [-0.25, -0.2) is 4.57 Å². The molecule has 0 fully saturated rings. The molecule has 0 radical (unpaired) electrons. The molecule has 0 saturated carbocycles. The summed E-state index contributed by atoms with van der Waals surface area (Å²) in [6.45, 7) is 13.3. The zero-order valence-corrected chi connectivity index (χ0v) is 27.7. The Morgan fingerprint density at radius 3 is 1.90 bits per heavy atom. The molecule has 1 aromatic heterocycles. The minimum absolute atomic E-state index is 0. The normalized spacial score (nSPS) is 11.2. The van der Waals surface area contributed by atoms with Crippen molar-refractivity contribution in [1.82, 2.24) is 5.32 Å². The number of carbonyl (C=O) groups is 1. The zero-order valence-electron chi connectivity index (χ0n) is 25.5. The van der Waals surface area contributed by atoms with Crippen molar-refractivity contribution in [3.8, 4) is 5.75 Å². The summed E-state index contributed by atoms with van der Waals surface area (Å²) in [5.74, 6) is 1.00. The van der Waals surface area contributed by atoms with Gasteiger partial charge in [-0.15, -0.1) is 0 Å². The van der Waals surface area contributed by atoms with Gasteiger partial charge in [0.25, 0.3) is 0 Å². The highest BCUT2D eigenvalue weighted by Crippen LogP contribution is 2.32. The third-order valence-corrected chi connectivity index (χ3v) is 7.29. The van der Waals surface area contributed by atoms with Crippen LogP contribution in [-0.4, -0.2) is 12.5 Å². The number of aromatic nitrogens is 1. The summed E-state index contributed by atoms with van der Waals surface area (Å²) in [6.07, 6.45) is 20.6. The summed E-state index contributed by atoms with van der Waals surface area (Å²) >= 11 is 0. The summed E-state index contributed by atoms with van der Waals surface area (Å²) in [7, 11) is 0. The molecule has 1 aromatic carbocycles. The monoisotopic (exact) mass is 650 g/mol. The van der Waals surface area contributed by atoms with Crippen LogP contribution < -0.4 is 38.6 Å². The van der Waals surface area contributed by atoms with Gasteiger partial charge in [0.15, 0.2) is 12.4 Å². The number of halogens is 1. The van der Waals surface area contributed by atoms with Gasteiger partial charge < -0.3 is 34.0 Å². The fourth-order valence-electron chi connectivity index (χ4n) is 4.79. The predicted octanol–water partition coefficient (Wildman–Crippen LogP) is 5.23. The quantitative estimate of drug-likeness (QED) is 0.129. The minimum Gasteiger partial charge on any atom is -1.00 e. The Kier molecular flexibility index (Phi) is 18.4. The van der Waals surface area contributed by atoms with Crippen LogP contribution in [0.2, 0.25) is 0 Å². The van der Waals surface area contributed by atoms with E-state index in [0.717, 1.165) is 36.4 Å². The number of carbonyl (C=O) groups excluding carboxylic acids is 1. The van der Waals surface area contributed by atoms with Gasteiger partial charge >= 0.3 is 0 Å². The number of hydrogen-bond acceptors (Lipinski definition) is 2. The Balaban J connectivity index is 0.00000760. The van der Waals surface area contributed by atoms with Gasteiger partial charge in [-0.3, -0.25) is 4.79 Å². The molecular weight excluding hydrogens is 595 g/mol. The maximum atomic E-state index is 12.6. The molecule has 220 valence electrons. The smallest absolute Gasteiger partial charge is 0.224 e. The average molecular weight is 651 g/mol. The molecule has 1 heterocycles. The number of aryl methyl sites for hydroxylation is 1. The topological polar surface area (TPSA) is 42.2 Å². The minimum atomic E-state index is -0.0446. The second kappa shape index (κ2) is 20.3. The molecule has 0 atom stereocenters. The van der Waals surface area contributed by atoms with E-state index < -0.39 is 0 Å². The molecule has 0 saturated heterocycles. The summed E-state index contributed by atoms with van der Waals surface area (Å²) in [4.78, 5) is 12.6. The van der Waals surface area contributed by atoms with Crippen LogP contribution in [0.1, 0.15) is 128 Å². The molecule has 4 nitrogen and oxygen atoms in total. The molecule has 1 N–H and O–H groups in total. The number of pyridine rings is 1. The zero-order chi connectivity index (χ0) is 27.6. The molecule has 2 rings (SSSR count). The van der Waals surface area contributed by atoms with Crippen molar-refractivity contribution in [2.24, 2.45) is 0 Å². The van der Waals surface area contributed by atoms with Crippen molar-refractivity contribution < 1.29 is 38.1 Å². The van der Waals surface area contributed by atoms with Crippen LogP contribution in [-0.2, 0) is 29.7 Å². The number of nitrogens with one attached hydrogen (secondary N) is 1. The highest BCUT2D eigenvalue weighted by atomic mass is 127. The third kappa shape index (κ3) is 15.1. The molecule has 0 aliphatic rings. The van der Waals surface area contributed by atoms with E-state index in [1.807, 2.05) is 18.5 Å². The van der Waals surface area contributed by atoms with E-state index in [-0.39, 0.29) is 35.3 Å². The average Bonchev–Trinajstić information content (AvgIpc) is 2.90. The summed E-state index contributed by atoms with van der Waals surface area (Å²) in [5.41, 5.74) is 3.27. The second-order valence-corrected chi connectivity index (χ2v) is 11.8. The van der Waals surface area contributed by atoms with Gasteiger partial charge in [0.05, 0.1) is 13.0 Å². The standard InChI is InChI=1S/C34H54N2O2.HI/c1-6-8-9-10-11-12-13-14-15-16-17-18-25-38-32-20-19-30(26-31(32)34(3,4)5)27-33(37)35-28-29-21-23-36(7-2)24-22-29;/h19-24,26H,6-18,25,27-28H2,1-5H3;1H. The van der Waals surface area contributed by atoms with E-state index in [1.165, 1.54) is 76.2 Å². The summed E-state index contributed by atoms with van der Waals surface area (Å²) in [5, 5.41) is 3.06. The Bertz CT molecular complexity index is 922. The van der Waals surface area contributed by atoms with Gasteiger partial charge in [-0.2, -0.15) is 0 Å². The maximum Gasteiger partial charge on any atom is 0.224 e. The first-order chi connectivity index (χ1) is 18.3. The molecule has 0 aliphatic heterocycles. The van der Waals surface area contributed by atoms with Crippen molar-refractivity contribution in [3.63, 3.8) is 0 Å². The maximum absolute atomic E-state index is 12.6. The highest BCUT2D eigenvalue weighted by molar-refractivity contribution is 5.78. The SMILES string of the molecule is CCCCCCCCCCCCCCOc1ccc(CC(=O)NCc2cc[n+](CC)cc2)cc1C(C)(C)C.[I-]. The number of unbranched alkanes of at least 4 members (excludes halogenated alkanes) is 11. The number of amides is 1. The van der Waals surface area contributed by atoms with Crippen LogP contribution in [0.3, 0.4) is 0 Å². The number of hydrogen-bond donors (Lipinski definition) is 1. The Hall–Kier alpha value is -1.63. The van der Waals surface area contributed by atoms with Crippen molar-refractivity contribution in [1.29, 1.82) is 0 Å². The van der Waals surface area contributed by atoms with Gasteiger partial charge in [0.2, 0.25) is 5.91 Å². The van der Waals surface area contributed by atoms with Gasteiger partial charge in [0.1, 0.15) is 12.3 Å². The van der Waals surface area contributed by atoms with Crippen LogP contribution in [0.15, 0.2) is 42.7 Å². The first-order valence-corrected chi connectivity index (χ1v) is 15.3. The molecule has 39 heavy (non-hydrogen) atoms. The first kappa shape index (κ1) is 35.4. The second-order valence-electron chi connectivity index (χ2n) is 11.8. The molecule has 0 bridgehead atoms. The molecule has 2 aromatic rings. The van der Waals surface area contributed by atoms with Crippen LogP contribution >= 0.6 is 0 Å². The molecule has 1 amide bonds. The fraction of sp³-hybridized carbons (Fsp3) is 0.647. The van der Waals surface area contributed by atoms with Crippen LogP contribution in [0.4, 0.5) is 0 Å². The fourth-order valence-corrected chi connectivity index (χ4v) is 4.79. The largest absolute Gasteiger partial charge is 1.00 e. The number of ether oxygens (including phenoxy) is 1. The van der Waals surface area contributed by atoms with Crippen molar-refractivity contribution in [2.75, 3.05) is 6.61 Å². The molecule has 5 heteroatoms. The Morgan fingerprint density at radius 2 is 1.36 bits per heavy atom. The molecular formula is C34H55IN2O2. The van der Waals surface area contributed by atoms with Gasteiger partial charge in [-0.05, 0) is 41.5 Å². The van der Waals surface area contributed by atoms with E-state index in [2.05, 4.69) is 68.8 Å². The highest BCUT2D eigenvalue weighted by Gasteiger charge is 2.20. The van der Waals surface area contributed by atoms with E-state index >= 15 is 0 Å². The van der Waals surface area contributed by atoms with Crippen LogP contribution in [0.5, 0.6) is 5.75 Å². The van der Waals surface area contributed by atoms with E-state index in [1.54, 1.807) is 0 Å². The van der Waals surface area contributed by atoms with E-state index in [4.69, 9.17) is 4.74 Å². The lowest BCUT2D eigenvalue weighted by Crippen LogP contribution is -3.00. The molecule has 0 spiro atoms. The van der Waals surface area contributed by atoms with Gasteiger partial charge in [-0.1, -0.05) is 110 Å². The van der Waals surface area contributed by atoms with Gasteiger partial charge in [0, 0.05) is 18.7 Å².